The lowest BCUT2D eigenvalue weighted by Gasteiger charge is -2.10. The summed E-state index contributed by atoms with van der Waals surface area (Å²) < 4.78 is 26.9. The molecule has 3 aromatic rings. The number of alkyl halides is 2. The van der Waals surface area contributed by atoms with Crippen molar-refractivity contribution < 1.29 is 8.78 Å². The lowest BCUT2D eigenvalue weighted by molar-refractivity contribution is 0.252. The Morgan fingerprint density at radius 3 is 2.81 bits per heavy atom. The van der Waals surface area contributed by atoms with Crippen molar-refractivity contribution in [1.82, 2.24) is 9.61 Å². The number of thioether (sulfide) groups is 1. The predicted octanol–water partition coefficient (Wildman–Crippen LogP) is 4.26. The van der Waals surface area contributed by atoms with E-state index in [2.05, 4.69) is 10.4 Å². The zero-order chi connectivity index (χ0) is 14.7. The summed E-state index contributed by atoms with van der Waals surface area (Å²) in [4.78, 5) is 0.545. The molecule has 0 spiro atoms. The van der Waals surface area contributed by atoms with Crippen molar-refractivity contribution in [3.8, 4) is 0 Å². The number of hydrogen-bond acceptors (Lipinski definition) is 3. The molecule has 2 aromatic heterocycles. The Labute approximate surface area is 125 Å². The highest BCUT2D eigenvalue weighted by Crippen LogP contribution is 2.31. The van der Waals surface area contributed by atoms with Gasteiger partial charge in [0.25, 0.3) is 5.76 Å². The van der Waals surface area contributed by atoms with Crippen molar-refractivity contribution in [2.75, 3.05) is 5.32 Å². The quantitative estimate of drug-likeness (QED) is 0.714. The van der Waals surface area contributed by atoms with Crippen LogP contribution in [0.25, 0.3) is 5.52 Å². The Morgan fingerprint density at radius 2 is 1.95 bits per heavy atom. The van der Waals surface area contributed by atoms with E-state index >= 15 is 0 Å². The number of hydrogen-bond donors (Lipinski definition) is 1. The Kier molecular flexibility index (Phi) is 4.06. The maximum atomic E-state index is 12.5. The molecule has 2 heterocycles. The van der Waals surface area contributed by atoms with Crippen LogP contribution in [0.1, 0.15) is 5.56 Å². The normalized spacial score (nSPS) is 11.2. The predicted molar refractivity (Wildman–Crippen MR) is 80.8 cm³/mol. The van der Waals surface area contributed by atoms with Gasteiger partial charge in [-0.3, -0.25) is 0 Å². The van der Waals surface area contributed by atoms with Crippen LogP contribution in [0.2, 0.25) is 0 Å². The molecule has 0 aliphatic carbocycles. The number of fused-ring (bicyclic) bond motifs is 1. The van der Waals surface area contributed by atoms with Gasteiger partial charge in [-0.1, -0.05) is 30.0 Å². The number of pyridine rings is 1. The first-order valence-electron chi connectivity index (χ1n) is 6.43. The number of rotatable bonds is 5. The van der Waals surface area contributed by atoms with Gasteiger partial charge < -0.3 is 5.32 Å². The van der Waals surface area contributed by atoms with Gasteiger partial charge in [0.1, 0.15) is 0 Å². The number of anilines is 1. The van der Waals surface area contributed by atoms with E-state index in [1.165, 1.54) is 0 Å². The van der Waals surface area contributed by atoms with E-state index in [0.29, 0.717) is 28.9 Å². The molecular formula is C15H13F2N3S. The Hall–Kier alpha value is -2.08. The molecule has 3 nitrogen and oxygen atoms in total. The van der Waals surface area contributed by atoms with Crippen LogP contribution < -0.4 is 5.32 Å². The van der Waals surface area contributed by atoms with Crippen molar-refractivity contribution in [2.24, 2.45) is 0 Å². The SMILES string of the molecule is FC(F)Sc1ccccc1NCc1cnn2ccccc12. The number of halogens is 2. The summed E-state index contributed by atoms with van der Waals surface area (Å²) in [6, 6.07) is 12.9. The standard InChI is InChI=1S/C15H13F2N3S/c16-15(17)21-14-7-2-1-5-12(14)18-9-11-10-19-20-8-4-3-6-13(11)20/h1-8,10,15,18H,9H2. The van der Waals surface area contributed by atoms with Crippen LogP contribution in [0.3, 0.4) is 0 Å². The van der Waals surface area contributed by atoms with E-state index in [9.17, 15) is 8.78 Å². The Balaban J connectivity index is 1.79. The first kappa shape index (κ1) is 13.9. The minimum Gasteiger partial charge on any atom is -0.380 e. The van der Waals surface area contributed by atoms with Crippen LogP contribution in [0.5, 0.6) is 0 Å². The number of nitrogens with one attached hydrogen (secondary N) is 1. The summed E-state index contributed by atoms with van der Waals surface area (Å²) in [5.74, 6) is -2.43. The fourth-order valence-corrected chi connectivity index (χ4v) is 2.74. The van der Waals surface area contributed by atoms with Gasteiger partial charge in [0, 0.05) is 28.9 Å². The van der Waals surface area contributed by atoms with Crippen molar-refractivity contribution >= 4 is 23.0 Å². The zero-order valence-corrected chi connectivity index (χ0v) is 11.9. The second kappa shape index (κ2) is 6.13. The van der Waals surface area contributed by atoms with Crippen LogP contribution in [0.4, 0.5) is 14.5 Å². The van der Waals surface area contributed by atoms with Gasteiger partial charge in [0.15, 0.2) is 0 Å². The van der Waals surface area contributed by atoms with Crippen LogP contribution >= 0.6 is 11.8 Å². The lowest BCUT2D eigenvalue weighted by atomic mass is 10.2. The maximum absolute atomic E-state index is 12.5. The van der Waals surface area contributed by atoms with Gasteiger partial charge in [-0.05, 0) is 24.3 Å². The van der Waals surface area contributed by atoms with Crippen molar-refractivity contribution in [1.29, 1.82) is 0 Å². The average Bonchev–Trinajstić information content (AvgIpc) is 2.89. The van der Waals surface area contributed by atoms with Gasteiger partial charge in [-0.15, -0.1) is 0 Å². The molecule has 0 unspecified atom stereocenters. The third-order valence-corrected chi connectivity index (χ3v) is 3.87. The van der Waals surface area contributed by atoms with Crippen molar-refractivity contribution in [3.63, 3.8) is 0 Å². The van der Waals surface area contributed by atoms with E-state index in [4.69, 9.17) is 0 Å². The molecular weight excluding hydrogens is 292 g/mol. The molecule has 1 N–H and O–H groups in total. The summed E-state index contributed by atoms with van der Waals surface area (Å²) >= 11 is 0.549. The minimum atomic E-state index is -2.43. The van der Waals surface area contributed by atoms with E-state index in [0.717, 1.165) is 11.1 Å². The van der Waals surface area contributed by atoms with E-state index < -0.39 is 5.76 Å². The summed E-state index contributed by atoms with van der Waals surface area (Å²) in [5, 5.41) is 7.46. The molecule has 6 heteroatoms. The molecule has 0 aliphatic heterocycles. The second-order valence-corrected chi connectivity index (χ2v) is 5.46. The zero-order valence-electron chi connectivity index (χ0n) is 11.0. The third kappa shape index (κ3) is 3.16. The molecule has 0 radical (unpaired) electrons. The first-order valence-corrected chi connectivity index (χ1v) is 7.31. The topological polar surface area (TPSA) is 29.3 Å². The molecule has 0 saturated heterocycles. The summed E-state index contributed by atoms with van der Waals surface area (Å²) in [5.41, 5.74) is 2.73. The van der Waals surface area contributed by atoms with Crippen LogP contribution in [0, 0.1) is 0 Å². The number of para-hydroxylation sites is 1. The monoisotopic (exact) mass is 305 g/mol. The molecule has 21 heavy (non-hydrogen) atoms. The fraction of sp³-hybridized carbons (Fsp3) is 0.133. The highest BCUT2D eigenvalue weighted by molar-refractivity contribution is 7.99. The molecule has 0 fully saturated rings. The lowest BCUT2D eigenvalue weighted by Crippen LogP contribution is -2.00. The molecule has 0 amide bonds. The summed E-state index contributed by atoms with van der Waals surface area (Å²) in [7, 11) is 0. The van der Waals surface area contributed by atoms with Crippen molar-refractivity contribution in [2.45, 2.75) is 17.2 Å². The van der Waals surface area contributed by atoms with Crippen molar-refractivity contribution in [3.05, 3.63) is 60.4 Å². The molecule has 3 rings (SSSR count). The smallest absolute Gasteiger partial charge is 0.288 e. The van der Waals surface area contributed by atoms with Crippen LogP contribution in [-0.2, 0) is 6.54 Å². The maximum Gasteiger partial charge on any atom is 0.288 e. The number of aromatic nitrogens is 2. The number of nitrogens with zero attached hydrogens (tertiary/aromatic N) is 2. The van der Waals surface area contributed by atoms with Crippen LogP contribution in [0.15, 0.2) is 59.8 Å². The number of benzene rings is 1. The van der Waals surface area contributed by atoms with E-state index in [1.54, 1.807) is 28.9 Å². The molecule has 108 valence electrons. The van der Waals surface area contributed by atoms with Gasteiger partial charge in [-0.25, -0.2) is 4.52 Å². The Bertz CT molecular complexity index is 742. The van der Waals surface area contributed by atoms with Gasteiger partial charge >= 0.3 is 0 Å². The Morgan fingerprint density at radius 1 is 1.14 bits per heavy atom. The average molecular weight is 305 g/mol. The second-order valence-electron chi connectivity index (χ2n) is 4.43. The van der Waals surface area contributed by atoms with Gasteiger partial charge in [-0.2, -0.15) is 13.9 Å². The van der Waals surface area contributed by atoms with Gasteiger partial charge in [0.2, 0.25) is 0 Å². The third-order valence-electron chi connectivity index (χ3n) is 3.08. The molecule has 1 aromatic carbocycles. The fourth-order valence-electron chi connectivity index (χ4n) is 2.13. The van der Waals surface area contributed by atoms with E-state index in [-0.39, 0.29) is 0 Å². The van der Waals surface area contributed by atoms with Gasteiger partial charge in [0.05, 0.1) is 11.7 Å². The minimum absolute atomic E-state index is 0.536. The summed E-state index contributed by atoms with van der Waals surface area (Å²) in [6.07, 6.45) is 3.66. The molecule has 0 bridgehead atoms. The largest absolute Gasteiger partial charge is 0.380 e. The highest BCUT2D eigenvalue weighted by Gasteiger charge is 2.10. The van der Waals surface area contributed by atoms with E-state index in [1.807, 2.05) is 30.5 Å². The molecule has 0 atom stereocenters. The first-order chi connectivity index (χ1) is 10.2. The van der Waals surface area contributed by atoms with Crippen LogP contribution in [-0.4, -0.2) is 15.4 Å². The molecule has 0 saturated carbocycles. The summed E-state index contributed by atoms with van der Waals surface area (Å²) in [6.45, 7) is 0.536. The highest BCUT2D eigenvalue weighted by atomic mass is 32.2. The molecule has 0 aliphatic rings.